The molecule has 33 heavy (non-hydrogen) atoms. The van der Waals surface area contributed by atoms with E-state index in [0.29, 0.717) is 11.1 Å². The minimum Gasteiger partial charge on any atom is -0.478 e. The van der Waals surface area contributed by atoms with Gasteiger partial charge in [-0.3, -0.25) is 0 Å². The molecule has 1 heterocycles. The number of carboxylic acids is 1. The van der Waals surface area contributed by atoms with Crippen LogP contribution in [0, 0.1) is 0 Å². The van der Waals surface area contributed by atoms with Crippen molar-refractivity contribution in [3.05, 3.63) is 89.0 Å². The van der Waals surface area contributed by atoms with E-state index in [1.807, 2.05) is 57.2 Å². The quantitative estimate of drug-likeness (QED) is 0.493. The summed E-state index contributed by atoms with van der Waals surface area (Å²) in [5, 5.41) is 9.27. The van der Waals surface area contributed by atoms with E-state index in [-0.39, 0.29) is 5.97 Å². The Kier molecular flexibility index (Phi) is 6.23. The van der Waals surface area contributed by atoms with Gasteiger partial charge in [0.1, 0.15) is 5.60 Å². The smallest absolute Gasteiger partial charge is 0.339 e. The van der Waals surface area contributed by atoms with E-state index in [4.69, 9.17) is 4.74 Å². The van der Waals surface area contributed by atoms with Gasteiger partial charge in [0.25, 0.3) is 0 Å². The molecule has 5 nitrogen and oxygen atoms in total. The molecule has 0 radical (unpaired) electrons. The van der Waals surface area contributed by atoms with Crippen molar-refractivity contribution in [3.63, 3.8) is 0 Å². The van der Waals surface area contributed by atoms with Crippen molar-refractivity contribution in [1.29, 1.82) is 0 Å². The lowest BCUT2D eigenvalue weighted by Crippen LogP contribution is -2.29. The second-order valence-electron chi connectivity index (χ2n) is 9.42. The van der Waals surface area contributed by atoms with Crippen LogP contribution in [0.3, 0.4) is 0 Å². The Hall–Kier alpha value is -3.60. The SMILES string of the molecule is CC(C)(C)OC(=O)c1ccccc1-c1ccc(CN2CCCc3cc(C(=O)O)ccc32)cc1. The van der Waals surface area contributed by atoms with E-state index in [0.717, 1.165) is 53.9 Å². The van der Waals surface area contributed by atoms with E-state index >= 15 is 0 Å². The molecule has 1 aliphatic heterocycles. The van der Waals surface area contributed by atoms with Crippen LogP contribution in [0.15, 0.2) is 66.7 Å². The lowest BCUT2D eigenvalue weighted by Gasteiger charge is -2.31. The van der Waals surface area contributed by atoms with Crippen molar-refractivity contribution in [1.82, 2.24) is 0 Å². The zero-order chi connectivity index (χ0) is 23.6. The predicted octanol–water partition coefficient (Wildman–Crippen LogP) is 5.96. The van der Waals surface area contributed by atoms with Crippen LogP contribution in [-0.4, -0.2) is 29.2 Å². The Bertz CT molecular complexity index is 1180. The highest BCUT2D eigenvalue weighted by molar-refractivity contribution is 5.97. The maximum Gasteiger partial charge on any atom is 0.339 e. The standard InChI is InChI=1S/C28H29NO4/c1-28(2,3)33-27(32)24-9-5-4-8-23(24)20-12-10-19(11-13-20)18-29-16-6-7-21-17-22(26(30)31)14-15-25(21)29/h4-5,8-15,17H,6-7,16,18H2,1-3H3,(H,30,31). The first-order valence-corrected chi connectivity index (χ1v) is 11.2. The molecule has 0 aliphatic carbocycles. The molecule has 0 fully saturated rings. The zero-order valence-electron chi connectivity index (χ0n) is 19.3. The first kappa shape index (κ1) is 22.6. The summed E-state index contributed by atoms with van der Waals surface area (Å²) in [6, 6.07) is 21.1. The lowest BCUT2D eigenvalue weighted by molar-refractivity contribution is 0.00702. The molecule has 0 spiro atoms. The lowest BCUT2D eigenvalue weighted by atomic mass is 9.97. The van der Waals surface area contributed by atoms with Gasteiger partial charge < -0.3 is 14.7 Å². The number of esters is 1. The molecule has 0 bridgehead atoms. The minimum atomic E-state index is -0.892. The molecule has 3 aromatic rings. The number of benzene rings is 3. The Morgan fingerprint density at radius 3 is 2.42 bits per heavy atom. The van der Waals surface area contributed by atoms with Crippen LogP contribution in [0.5, 0.6) is 0 Å². The van der Waals surface area contributed by atoms with Crippen LogP contribution in [-0.2, 0) is 17.7 Å². The van der Waals surface area contributed by atoms with Crippen LogP contribution in [0.1, 0.15) is 59.0 Å². The Morgan fingerprint density at radius 2 is 1.73 bits per heavy atom. The highest BCUT2D eigenvalue weighted by atomic mass is 16.6. The number of hydrogen-bond donors (Lipinski definition) is 1. The maximum atomic E-state index is 12.7. The topological polar surface area (TPSA) is 66.8 Å². The van der Waals surface area contributed by atoms with Crippen molar-refractivity contribution in [2.45, 2.75) is 45.8 Å². The van der Waals surface area contributed by atoms with Gasteiger partial charge in [-0.1, -0.05) is 42.5 Å². The van der Waals surface area contributed by atoms with E-state index < -0.39 is 11.6 Å². The summed E-state index contributed by atoms with van der Waals surface area (Å²) >= 11 is 0. The molecule has 0 amide bonds. The molecular weight excluding hydrogens is 414 g/mol. The van der Waals surface area contributed by atoms with Gasteiger partial charge in [-0.05, 0) is 80.1 Å². The summed E-state index contributed by atoms with van der Waals surface area (Å²) in [4.78, 5) is 26.3. The molecule has 0 aromatic heterocycles. The number of rotatable bonds is 5. The molecular formula is C28H29NO4. The fourth-order valence-corrected chi connectivity index (χ4v) is 4.23. The van der Waals surface area contributed by atoms with Crippen LogP contribution < -0.4 is 4.90 Å². The van der Waals surface area contributed by atoms with Gasteiger partial charge >= 0.3 is 11.9 Å². The van der Waals surface area contributed by atoms with Gasteiger partial charge in [-0.25, -0.2) is 9.59 Å². The number of aromatic carboxylic acids is 1. The number of carbonyl (C=O) groups excluding carboxylic acids is 1. The third-order valence-electron chi connectivity index (χ3n) is 5.73. The molecule has 5 heteroatoms. The first-order valence-electron chi connectivity index (χ1n) is 11.2. The number of carbonyl (C=O) groups is 2. The van der Waals surface area contributed by atoms with Crippen molar-refractivity contribution in [3.8, 4) is 11.1 Å². The highest BCUT2D eigenvalue weighted by Gasteiger charge is 2.21. The number of aryl methyl sites for hydroxylation is 1. The number of fused-ring (bicyclic) bond motifs is 1. The number of carboxylic acid groups (broad SMARTS) is 1. The molecule has 0 atom stereocenters. The number of hydrogen-bond acceptors (Lipinski definition) is 4. The van der Waals surface area contributed by atoms with Gasteiger partial charge in [0.05, 0.1) is 11.1 Å². The van der Waals surface area contributed by atoms with Crippen LogP contribution >= 0.6 is 0 Å². The summed E-state index contributed by atoms with van der Waals surface area (Å²) in [5.74, 6) is -1.22. The van der Waals surface area contributed by atoms with E-state index in [9.17, 15) is 14.7 Å². The summed E-state index contributed by atoms with van der Waals surface area (Å²) in [5.41, 5.74) is 5.50. The maximum absolute atomic E-state index is 12.7. The second-order valence-corrected chi connectivity index (χ2v) is 9.42. The van der Waals surface area contributed by atoms with Crippen LogP contribution in [0.25, 0.3) is 11.1 Å². The van der Waals surface area contributed by atoms with Crippen molar-refractivity contribution < 1.29 is 19.4 Å². The van der Waals surface area contributed by atoms with Gasteiger partial charge in [-0.2, -0.15) is 0 Å². The summed E-state index contributed by atoms with van der Waals surface area (Å²) in [6.07, 6.45) is 1.89. The molecule has 0 unspecified atom stereocenters. The van der Waals surface area contributed by atoms with Gasteiger partial charge in [-0.15, -0.1) is 0 Å². The van der Waals surface area contributed by atoms with Crippen molar-refractivity contribution in [2.24, 2.45) is 0 Å². The van der Waals surface area contributed by atoms with Crippen LogP contribution in [0.2, 0.25) is 0 Å². The summed E-state index contributed by atoms with van der Waals surface area (Å²) in [7, 11) is 0. The number of nitrogens with zero attached hydrogens (tertiary/aromatic N) is 1. The Balaban J connectivity index is 1.54. The average molecular weight is 444 g/mol. The fourth-order valence-electron chi connectivity index (χ4n) is 4.23. The molecule has 1 N–H and O–H groups in total. The normalized spacial score (nSPS) is 13.4. The van der Waals surface area contributed by atoms with Gasteiger partial charge in [0.15, 0.2) is 0 Å². The van der Waals surface area contributed by atoms with Gasteiger partial charge in [0.2, 0.25) is 0 Å². The minimum absolute atomic E-state index is 0.326. The van der Waals surface area contributed by atoms with E-state index in [1.54, 1.807) is 18.2 Å². The zero-order valence-corrected chi connectivity index (χ0v) is 19.3. The number of ether oxygens (including phenoxy) is 1. The molecule has 0 saturated carbocycles. The molecule has 170 valence electrons. The Labute approximate surface area is 194 Å². The molecule has 3 aromatic carbocycles. The van der Waals surface area contributed by atoms with E-state index in [2.05, 4.69) is 17.0 Å². The first-order chi connectivity index (χ1) is 15.7. The van der Waals surface area contributed by atoms with E-state index in [1.165, 1.54) is 0 Å². The third kappa shape index (κ3) is 5.25. The molecule has 1 aliphatic rings. The molecule has 0 saturated heterocycles. The highest BCUT2D eigenvalue weighted by Crippen LogP contribution is 2.31. The summed E-state index contributed by atoms with van der Waals surface area (Å²) in [6.45, 7) is 7.27. The average Bonchev–Trinajstić information content (AvgIpc) is 2.78. The van der Waals surface area contributed by atoms with Gasteiger partial charge in [0, 0.05) is 18.8 Å². The monoisotopic (exact) mass is 443 g/mol. The summed E-state index contributed by atoms with van der Waals surface area (Å²) < 4.78 is 5.58. The molecule has 4 rings (SSSR count). The second kappa shape index (κ2) is 9.10. The fraction of sp³-hybridized carbons (Fsp3) is 0.286. The largest absolute Gasteiger partial charge is 0.478 e. The van der Waals surface area contributed by atoms with Crippen molar-refractivity contribution in [2.75, 3.05) is 11.4 Å². The third-order valence-corrected chi connectivity index (χ3v) is 5.73. The van der Waals surface area contributed by atoms with Crippen LogP contribution in [0.4, 0.5) is 5.69 Å². The van der Waals surface area contributed by atoms with Crippen molar-refractivity contribution >= 4 is 17.6 Å². The number of anilines is 1. The Morgan fingerprint density at radius 1 is 1.00 bits per heavy atom. The predicted molar refractivity (Wildman–Crippen MR) is 130 cm³/mol.